The first-order chi connectivity index (χ1) is 24.7. The fourth-order valence-electron chi connectivity index (χ4n) is 3.56. The van der Waals surface area contributed by atoms with Gasteiger partial charge in [0.1, 0.15) is 5.60 Å². The van der Waals surface area contributed by atoms with Gasteiger partial charge in [0.15, 0.2) is 0 Å². The van der Waals surface area contributed by atoms with Crippen molar-refractivity contribution in [1.82, 2.24) is 5.32 Å². The van der Waals surface area contributed by atoms with E-state index in [0.29, 0.717) is 158 Å². The smallest absolute Gasteiger partial charge is 0.308 e. The van der Waals surface area contributed by atoms with Gasteiger partial charge >= 0.3 is 11.9 Å². The topological polar surface area (TPSA) is 194 Å². The molecule has 0 aliphatic carbocycles. The van der Waals surface area contributed by atoms with Crippen molar-refractivity contribution in [2.45, 2.75) is 52.1 Å². The average Bonchev–Trinajstić information content (AvgIpc) is 3.08. The van der Waals surface area contributed by atoms with Gasteiger partial charge in [0.2, 0.25) is 5.91 Å². The van der Waals surface area contributed by atoms with E-state index in [2.05, 4.69) is 5.32 Å². The number of carbonyl (C=O) groups excluding carboxylic acids is 2. The SMILES string of the molecule is CC(C)(C)OC(=O)CCOCCOCCOCCOCCOCCOCCOCCOCCOCCOCCOCCCNC(=O)CCC(=O)O. The third-order valence-corrected chi connectivity index (χ3v) is 5.94. The molecule has 302 valence electrons. The highest BCUT2D eigenvalue weighted by Crippen LogP contribution is 2.08. The highest BCUT2D eigenvalue weighted by Gasteiger charge is 2.15. The van der Waals surface area contributed by atoms with Crippen molar-refractivity contribution in [3.8, 4) is 0 Å². The number of carboxylic acids is 1. The predicted molar refractivity (Wildman–Crippen MR) is 184 cm³/mol. The second-order valence-corrected chi connectivity index (χ2v) is 11.7. The van der Waals surface area contributed by atoms with E-state index in [4.69, 9.17) is 61.9 Å². The highest BCUT2D eigenvalue weighted by atomic mass is 16.6. The lowest BCUT2D eigenvalue weighted by Gasteiger charge is -2.19. The number of hydrogen-bond acceptors (Lipinski definition) is 15. The van der Waals surface area contributed by atoms with E-state index in [-0.39, 0.29) is 31.1 Å². The van der Waals surface area contributed by atoms with E-state index in [9.17, 15) is 14.4 Å². The molecule has 0 spiro atoms. The van der Waals surface area contributed by atoms with Crippen LogP contribution in [0.3, 0.4) is 0 Å². The molecule has 0 fully saturated rings. The molecule has 51 heavy (non-hydrogen) atoms. The normalized spacial score (nSPS) is 11.6. The molecule has 0 saturated heterocycles. The minimum atomic E-state index is -0.986. The Bertz CT molecular complexity index is 799. The maximum Gasteiger partial charge on any atom is 0.308 e. The van der Waals surface area contributed by atoms with Crippen molar-refractivity contribution in [3.05, 3.63) is 0 Å². The van der Waals surface area contributed by atoms with Crippen molar-refractivity contribution in [3.63, 3.8) is 0 Å². The van der Waals surface area contributed by atoms with Gasteiger partial charge in [-0.3, -0.25) is 14.4 Å². The Kier molecular flexibility index (Phi) is 36.2. The molecule has 0 aromatic heterocycles. The van der Waals surface area contributed by atoms with Crippen LogP contribution in [0.15, 0.2) is 0 Å². The van der Waals surface area contributed by atoms with Crippen LogP contribution in [0.2, 0.25) is 0 Å². The van der Waals surface area contributed by atoms with Gasteiger partial charge in [-0.15, -0.1) is 0 Å². The van der Waals surface area contributed by atoms with Gasteiger partial charge < -0.3 is 67.3 Å². The number of esters is 1. The van der Waals surface area contributed by atoms with Crippen LogP contribution in [0.4, 0.5) is 0 Å². The number of ether oxygens (including phenoxy) is 12. The molecular weight excluding hydrogens is 678 g/mol. The zero-order valence-corrected chi connectivity index (χ0v) is 31.2. The van der Waals surface area contributed by atoms with E-state index in [1.165, 1.54) is 0 Å². The van der Waals surface area contributed by atoms with E-state index in [0.717, 1.165) is 0 Å². The molecule has 0 rings (SSSR count). The minimum Gasteiger partial charge on any atom is -0.481 e. The van der Waals surface area contributed by atoms with Crippen molar-refractivity contribution in [2.75, 3.05) is 152 Å². The molecule has 17 nitrogen and oxygen atoms in total. The monoisotopic (exact) mass is 743 g/mol. The van der Waals surface area contributed by atoms with Gasteiger partial charge in [0, 0.05) is 19.6 Å². The predicted octanol–water partition coefficient (Wildman–Crippen LogP) is 1.27. The van der Waals surface area contributed by atoms with Gasteiger partial charge in [-0.2, -0.15) is 0 Å². The number of aliphatic carboxylic acids is 1. The lowest BCUT2D eigenvalue weighted by Crippen LogP contribution is -2.25. The summed E-state index contributed by atoms with van der Waals surface area (Å²) >= 11 is 0. The van der Waals surface area contributed by atoms with E-state index in [1.54, 1.807) is 0 Å². The average molecular weight is 744 g/mol. The van der Waals surface area contributed by atoms with Crippen LogP contribution in [0, 0.1) is 0 Å². The van der Waals surface area contributed by atoms with Crippen LogP contribution < -0.4 is 5.32 Å². The lowest BCUT2D eigenvalue weighted by molar-refractivity contribution is -0.156. The Hall–Kier alpha value is -2.03. The molecule has 0 aromatic carbocycles. The Labute approximate surface area is 303 Å². The number of hydrogen-bond donors (Lipinski definition) is 2. The summed E-state index contributed by atoms with van der Waals surface area (Å²) in [6, 6.07) is 0. The third-order valence-electron chi connectivity index (χ3n) is 5.94. The molecular formula is C34H65NO16. The van der Waals surface area contributed by atoms with E-state index in [1.807, 2.05) is 20.8 Å². The van der Waals surface area contributed by atoms with Crippen LogP contribution in [0.5, 0.6) is 0 Å². The second kappa shape index (κ2) is 37.7. The first-order valence-electron chi connectivity index (χ1n) is 17.8. The Balaban J connectivity index is 3.13. The van der Waals surface area contributed by atoms with Crippen molar-refractivity contribution in [1.29, 1.82) is 0 Å². The minimum absolute atomic E-state index is 0.0138. The Morgan fingerprint density at radius 2 is 0.725 bits per heavy atom. The fraction of sp³-hybridized carbons (Fsp3) is 0.912. The number of carboxylic acid groups (broad SMARTS) is 1. The van der Waals surface area contributed by atoms with Crippen LogP contribution in [-0.2, 0) is 71.2 Å². The maximum absolute atomic E-state index is 11.6. The molecule has 0 radical (unpaired) electrons. The van der Waals surface area contributed by atoms with Crippen molar-refractivity contribution in [2.24, 2.45) is 0 Å². The summed E-state index contributed by atoms with van der Waals surface area (Å²) in [4.78, 5) is 33.3. The first kappa shape index (κ1) is 49.0. The Morgan fingerprint density at radius 3 is 1.02 bits per heavy atom. The molecule has 0 aliphatic heterocycles. The molecule has 0 saturated carbocycles. The zero-order chi connectivity index (χ0) is 37.5. The summed E-state index contributed by atoms with van der Waals surface area (Å²) in [7, 11) is 0. The molecule has 0 heterocycles. The van der Waals surface area contributed by atoms with Gasteiger partial charge in [-0.1, -0.05) is 0 Å². The summed E-state index contributed by atoms with van der Waals surface area (Å²) in [6.07, 6.45) is 0.690. The highest BCUT2D eigenvalue weighted by molar-refractivity contribution is 5.80. The van der Waals surface area contributed by atoms with Gasteiger partial charge in [-0.25, -0.2) is 0 Å². The molecule has 0 bridgehead atoms. The lowest BCUT2D eigenvalue weighted by atomic mass is 10.2. The van der Waals surface area contributed by atoms with Crippen LogP contribution >= 0.6 is 0 Å². The number of carbonyl (C=O) groups is 3. The van der Waals surface area contributed by atoms with Crippen LogP contribution in [0.1, 0.15) is 46.5 Å². The van der Waals surface area contributed by atoms with Crippen molar-refractivity contribution >= 4 is 17.8 Å². The van der Waals surface area contributed by atoms with Crippen LogP contribution in [-0.4, -0.2) is 180 Å². The summed E-state index contributed by atoms with van der Waals surface area (Å²) in [5.74, 6) is -1.53. The third kappa shape index (κ3) is 44.1. The fourth-order valence-corrected chi connectivity index (χ4v) is 3.56. The molecule has 1 amide bonds. The van der Waals surface area contributed by atoms with Gasteiger partial charge in [0.25, 0.3) is 0 Å². The zero-order valence-electron chi connectivity index (χ0n) is 31.2. The molecule has 0 atom stereocenters. The molecule has 17 heteroatoms. The first-order valence-corrected chi connectivity index (χ1v) is 17.8. The van der Waals surface area contributed by atoms with Gasteiger partial charge in [0.05, 0.1) is 152 Å². The summed E-state index contributed by atoms with van der Waals surface area (Å²) in [5.41, 5.74) is -0.481. The number of nitrogens with one attached hydrogen (secondary N) is 1. The summed E-state index contributed by atoms with van der Waals surface area (Å²) in [5, 5.41) is 11.2. The quantitative estimate of drug-likeness (QED) is 0.0673. The molecule has 0 aliphatic rings. The Morgan fingerprint density at radius 1 is 0.431 bits per heavy atom. The largest absolute Gasteiger partial charge is 0.481 e. The molecule has 0 aromatic rings. The standard InChI is InChI=1S/C34H65NO16/c1-34(2,3)51-33(39)7-10-41-12-14-43-16-18-45-20-22-47-24-26-49-28-30-50-29-27-48-25-23-46-21-19-44-17-15-42-13-11-40-9-4-8-35-31(36)5-6-32(37)38/h4-30H2,1-3H3,(H,35,36)(H,37,38). The maximum atomic E-state index is 11.6. The molecule has 0 unspecified atom stereocenters. The number of amides is 1. The summed E-state index contributed by atoms with van der Waals surface area (Å²) < 4.78 is 65.0. The van der Waals surface area contributed by atoms with E-state index < -0.39 is 11.6 Å². The van der Waals surface area contributed by atoms with Crippen LogP contribution in [0.25, 0.3) is 0 Å². The molecule has 2 N–H and O–H groups in total. The summed E-state index contributed by atoms with van der Waals surface area (Å²) in [6.45, 7) is 16.0. The number of rotatable bonds is 40. The van der Waals surface area contributed by atoms with Crippen molar-refractivity contribution < 1.29 is 76.3 Å². The van der Waals surface area contributed by atoms with Gasteiger partial charge in [-0.05, 0) is 27.2 Å². The van der Waals surface area contributed by atoms with E-state index >= 15 is 0 Å². The second-order valence-electron chi connectivity index (χ2n) is 11.7.